The first-order valence-corrected chi connectivity index (χ1v) is 5.90. The number of carbonyl (C=O) groups excluding carboxylic acids is 1. The molecule has 0 fully saturated rings. The number of aromatic nitrogens is 1. The van der Waals surface area contributed by atoms with E-state index in [1.807, 2.05) is 0 Å². The lowest BCUT2D eigenvalue weighted by molar-refractivity contribution is -0.137. The molecule has 0 amide bonds. The summed E-state index contributed by atoms with van der Waals surface area (Å²) in [7, 11) is 0. The number of rotatable bonds is 2. The van der Waals surface area contributed by atoms with Gasteiger partial charge in [-0.3, -0.25) is 9.59 Å². The van der Waals surface area contributed by atoms with E-state index in [1.165, 1.54) is 30.7 Å². The molecule has 0 saturated heterocycles. The molecule has 1 aromatic carbocycles. The summed E-state index contributed by atoms with van der Waals surface area (Å²) in [4.78, 5) is 23.2. The van der Waals surface area contributed by atoms with Crippen LogP contribution in [0.4, 0.5) is 13.2 Å². The first-order valence-electron chi connectivity index (χ1n) is 5.90. The van der Waals surface area contributed by atoms with E-state index in [0.717, 1.165) is 12.1 Å². The summed E-state index contributed by atoms with van der Waals surface area (Å²) in [6.45, 7) is 2.91. The van der Waals surface area contributed by atoms with Crippen molar-refractivity contribution < 1.29 is 18.0 Å². The number of hydrogen-bond acceptors (Lipinski definition) is 2. The van der Waals surface area contributed by atoms with Crippen LogP contribution in [0.3, 0.4) is 0 Å². The summed E-state index contributed by atoms with van der Waals surface area (Å²) in [6.07, 6.45) is -3.02. The zero-order valence-electron chi connectivity index (χ0n) is 10.9. The Morgan fingerprint density at radius 2 is 1.95 bits per heavy atom. The fourth-order valence-corrected chi connectivity index (χ4v) is 2.09. The van der Waals surface area contributed by atoms with Gasteiger partial charge in [-0.25, -0.2) is 0 Å². The number of fused-ring (bicyclic) bond motifs is 1. The molecule has 0 aliphatic heterocycles. The number of nitrogens with zero attached hydrogens (tertiary/aromatic N) is 1. The lowest BCUT2D eigenvalue weighted by Gasteiger charge is -2.13. The Labute approximate surface area is 112 Å². The standard InChI is InChI=1S/C14H12F3NO2/c1-8-6-18(7-9(2)19)12-4-3-10(14(15,16)17)5-11(12)13(8)20/h3-6H,7H2,1-2H3. The quantitative estimate of drug-likeness (QED) is 0.850. The normalized spacial score (nSPS) is 11.8. The van der Waals surface area contributed by atoms with Crippen molar-refractivity contribution in [2.75, 3.05) is 0 Å². The Hall–Kier alpha value is -2.11. The molecule has 1 aromatic heterocycles. The third-order valence-electron chi connectivity index (χ3n) is 2.98. The van der Waals surface area contributed by atoms with Gasteiger partial charge in [-0.05, 0) is 32.0 Å². The van der Waals surface area contributed by atoms with Crippen LogP contribution in [0.2, 0.25) is 0 Å². The molecule has 0 N–H and O–H groups in total. The van der Waals surface area contributed by atoms with Gasteiger partial charge in [-0.15, -0.1) is 0 Å². The van der Waals surface area contributed by atoms with Crippen LogP contribution in [0.1, 0.15) is 18.1 Å². The third-order valence-corrected chi connectivity index (χ3v) is 2.98. The number of halogens is 3. The zero-order chi connectivity index (χ0) is 15.1. The van der Waals surface area contributed by atoms with Crippen LogP contribution in [-0.4, -0.2) is 10.4 Å². The second-order valence-corrected chi connectivity index (χ2v) is 4.70. The summed E-state index contributed by atoms with van der Waals surface area (Å²) in [5.74, 6) is -0.144. The molecule has 0 aliphatic rings. The number of aryl methyl sites for hydroxylation is 1. The van der Waals surface area contributed by atoms with Crippen molar-refractivity contribution >= 4 is 16.7 Å². The number of benzene rings is 1. The van der Waals surface area contributed by atoms with Gasteiger partial charge in [-0.2, -0.15) is 13.2 Å². The fourth-order valence-electron chi connectivity index (χ4n) is 2.09. The minimum atomic E-state index is -4.50. The number of hydrogen-bond donors (Lipinski definition) is 0. The molecular weight excluding hydrogens is 271 g/mol. The maximum atomic E-state index is 12.7. The van der Waals surface area contributed by atoms with Crippen molar-refractivity contribution in [3.63, 3.8) is 0 Å². The van der Waals surface area contributed by atoms with Crippen molar-refractivity contribution in [3.05, 3.63) is 45.7 Å². The molecule has 0 bridgehead atoms. The van der Waals surface area contributed by atoms with Gasteiger partial charge >= 0.3 is 6.18 Å². The first-order chi connectivity index (χ1) is 9.20. The van der Waals surface area contributed by atoms with E-state index in [9.17, 15) is 22.8 Å². The largest absolute Gasteiger partial charge is 0.416 e. The molecule has 2 aromatic rings. The van der Waals surface area contributed by atoms with E-state index in [4.69, 9.17) is 0 Å². The van der Waals surface area contributed by atoms with E-state index in [0.29, 0.717) is 11.1 Å². The highest BCUT2D eigenvalue weighted by molar-refractivity contribution is 5.83. The second-order valence-electron chi connectivity index (χ2n) is 4.70. The number of alkyl halides is 3. The van der Waals surface area contributed by atoms with Crippen LogP contribution < -0.4 is 5.43 Å². The van der Waals surface area contributed by atoms with Crippen molar-refractivity contribution in [1.82, 2.24) is 4.57 Å². The maximum Gasteiger partial charge on any atom is 0.416 e. The lowest BCUT2D eigenvalue weighted by Crippen LogP contribution is -2.16. The average Bonchev–Trinajstić information content (AvgIpc) is 2.33. The summed E-state index contributed by atoms with van der Waals surface area (Å²) in [5.41, 5.74) is -0.699. The summed E-state index contributed by atoms with van der Waals surface area (Å²) in [5, 5.41) is -0.0268. The van der Waals surface area contributed by atoms with Crippen LogP contribution in [0.5, 0.6) is 0 Å². The lowest BCUT2D eigenvalue weighted by atomic mass is 10.1. The SMILES string of the molecule is CC(=O)Cn1cc(C)c(=O)c2cc(C(F)(F)F)ccc21. The van der Waals surface area contributed by atoms with E-state index in [-0.39, 0.29) is 17.7 Å². The van der Waals surface area contributed by atoms with Gasteiger partial charge in [0.25, 0.3) is 0 Å². The molecule has 0 saturated carbocycles. The van der Waals surface area contributed by atoms with Crippen molar-refractivity contribution in [2.24, 2.45) is 0 Å². The summed E-state index contributed by atoms with van der Waals surface area (Å²) in [6, 6.07) is 2.97. The van der Waals surface area contributed by atoms with Crippen molar-refractivity contribution in [1.29, 1.82) is 0 Å². The third kappa shape index (κ3) is 2.59. The number of pyridine rings is 1. The molecule has 20 heavy (non-hydrogen) atoms. The Bertz CT molecular complexity index is 744. The molecule has 6 heteroatoms. The maximum absolute atomic E-state index is 12.7. The minimum Gasteiger partial charge on any atom is -0.340 e. The van der Waals surface area contributed by atoms with Gasteiger partial charge in [0.15, 0.2) is 5.43 Å². The van der Waals surface area contributed by atoms with E-state index in [2.05, 4.69) is 0 Å². The molecule has 0 unspecified atom stereocenters. The van der Waals surface area contributed by atoms with Gasteiger partial charge in [0, 0.05) is 17.1 Å². The topological polar surface area (TPSA) is 39.1 Å². The number of Topliss-reactive ketones (excluding diaryl/α,β-unsaturated/α-hetero) is 1. The molecule has 0 radical (unpaired) electrons. The van der Waals surface area contributed by atoms with Crippen LogP contribution in [0, 0.1) is 6.92 Å². The predicted octanol–water partition coefficient (Wildman–Crippen LogP) is 2.92. The highest BCUT2D eigenvalue weighted by Crippen LogP contribution is 2.30. The second kappa shape index (κ2) is 4.77. The highest BCUT2D eigenvalue weighted by Gasteiger charge is 2.30. The molecule has 2 rings (SSSR count). The summed E-state index contributed by atoms with van der Waals surface area (Å²) < 4.78 is 39.6. The van der Waals surface area contributed by atoms with Gasteiger partial charge in [0.2, 0.25) is 0 Å². The van der Waals surface area contributed by atoms with Gasteiger partial charge in [-0.1, -0.05) is 0 Å². The molecular formula is C14H12F3NO2. The van der Waals surface area contributed by atoms with Crippen LogP contribution in [0.15, 0.2) is 29.2 Å². The van der Waals surface area contributed by atoms with E-state index < -0.39 is 17.2 Å². The zero-order valence-corrected chi connectivity index (χ0v) is 10.9. The molecule has 0 aliphatic carbocycles. The van der Waals surface area contributed by atoms with Gasteiger partial charge in [0.05, 0.1) is 17.6 Å². The molecule has 3 nitrogen and oxygen atoms in total. The fraction of sp³-hybridized carbons (Fsp3) is 0.286. The minimum absolute atomic E-state index is 0.0168. The van der Waals surface area contributed by atoms with E-state index >= 15 is 0 Å². The Balaban J connectivity index is 2.78. The first kappa shape index (κ1) is 14.3. The number of carbonyl (C=O) groups is 1. The Kier molecular flexibility index (Phi) is 3.41. The monoisotopic (exact) mass is 283 g/mol. The molecule has 106 valence electrons. The van der Waals surface area contributed by atoms with Crippen molar-refractivity contribution in [2.45, 2.75) is 26.6 Å². The van der Waals surface area contributed by atoms with E-state index in [1.54, 1.807) is 0 Å². The average molecular weight is 283 g/mol. The highest BCUT2D eigenvalue weighted by atomic mass is 19.4. The molecule has 0 atom stereocenters. The Morgan fingerprint density at radius 1 is 1.30 bits per heavy atom. The van der Waals surface area contributed by atoms with Crippen molar-refractivity contribution in [3.8, 4) is 0 Å². The molecule has 0 spiro atoms. The number of ketones is 1. The smallest absolute Gasteiger partial charge is 0.340 e. The van der Waals surface area contributed by atoms with Crippen LogP contribution >= 0.6 is 0 Å². The Morgan fingerprint density at radius 3 is 2.50 bits per heavy atom. The van der Waals surface area contributed by atoms with Gasteiger partial charge in [0.1, 0.15) is 5.78 Å². The van der Waals surface area contributed by atoms with Gasteiger partial charge < -0.3 is 4.57 Å². The van der Waals surface area contributed by atoms with Crippen LogP contribution in [0.25, 0.3) is 10.9 Å². The van der Waals surface area contributed by atoms with Crippen LogP contribution in [-0.2, 0) is 17.5 Å². The molecule has 1 heterocycles. The predicted molar refractivity (Wildman–Crippen MR) is 68.6 cm³/mol. The summed E-state index contributed by atoms with van der Waals surface area (Å²) >= 11 is 0.